The summed E-state index contributed by atoms with van der Waals surface area (Å²) in [5, 5.41) is 5.05. The molecule has 6 heteroatoms. The zero-order chi connectivity index (χ0) is 9.59. The average Bonchev–Trinajstić information content (AvgIpc) is 2.38. The lowest BCUT2D eigenvalue weighted by Crippen LogP contribution is -1.93. The summed E-state index contributed by atoms with van der Waals surface area (Å²) in [5.74, 6) is 0. The Morgan fingerprint density at radius 3 is 2.69 bits per heavy atom. The second-order valence-corrected chi connectivity index (χ2v) is 3.67. The average molecular weight is 236 g/mol. The molecule has 0 spiro atoms. The number of nitrogens with zero attached hydrogens (tertiary/aromatic N) is 3. The van der Waals surface area contributed by atoms with Crippen LogP contribution in [0.5, 0.6) is 0 Å². The second kappa shape index (κ2) is 3.01. The van der Waals surface area contributed by atoms with E-state index in [0.29, 0.717) is 15.8 Å². The van der Waals surface area contributed by atoms with Crippen molar-refractivity contribution in [1.82, 2.24) is 14.6 Å². The highest BCUT2D eigenvalue weighted by Gasteiger charge is 2.12. The van der Waals surface area contributed by atoms with E-state index in [9.17, 15) is 0 Å². The Morgan fingerprint density at radius 1 is 1.31 bits per heavy atom. The number of rotatable bonds is 0. The summed E-state index contributed by atoms with van der Waals surface area (Å²) in [6, 6.07) is 0. The predicted molar refractivity (Wildman–Crippen MR) is 52.8 cm³/mol. The van der Waals surface area contributed by atoms with E-state index in [-0.39, 0.29) is 5.15 Å². The second-order valence-electron chi connectivity index (χ2n) is 2.55. The molecule has 0 N–H and O–H groups in total. The van der Waals surface area contributed by atoms with Gasteiger partial charge in [0.15, 0.2) is 16.0 Å². The Bertz CT molecular complexity index is 477. The van der Waals surface area contributed by atoms with E-state index in [1.807, 2.05) is 6.92 Å². The van der Waals surface area contributed by atoms with Gasteiger partial charge in [0, 0.05) is 5.56 Å². The van der Waals surface area contributed by atoms with Crippen molar-refractivity contribution >= 4 is 40.4 Å². The molecule has 2 rings (SSSR count). The van der Waals surface area contributed by atoms with Crippen LogP contribution in [0.25, 0.3) is 5.65 Å². The smallest absolute Gasteiger partial charge is 0.170 e. The van der Waals surface area contributed by atoms with Crippen molar-refractivity contribution in [2.75, 3.05) is 0 Å². The van der Waals surface area contributed by atoms with E-state index in [1.54, 1.807) is 0 Å². The molecule has 0 aliphatic carbocycles. The van der Waals surface area contributed by atoms with Crippen molar-refractivity contribution in [2.24, 2.45) is 0 Å². The number of hydrogen-bond acceptors (Lipinski definition) is 2. The summed E-state index contributed by atoms with van der Waals surface area (Å²) >= 11 is 17.4. The Morgan fingerprint density at radius 2 is 2.00 bits per heavy atom. The van der Waals surface area contributed by atoms with Crippen molar-refractivity contribution in [3.05, 3.63) is 27.1 Å². The lowest BCUT2D eigenvalue weighted by atomic mass is 10.3. The molecule has 3 nitrogen and oxygen atoms in total. The van der Waals surface area contributed by atoms with Crippen molar-refractivity contribution in [3.8, 4) is 0 Å². The van der Waals surface area contributed by atoms with E-state index >= 15 is 0 Å². The fourth-order valence-corrected chi connectivity index (χ4v) is 1.48. The lowest BCUT2D eigenvalue weighted by Gasteiger charge is -1.98. The molecule has 0 saturated carbocycles. The highest BCUT2D eigenvalue weighted by atomic mass is 35.5. The molecule has 0 bridgehead atoms. The molecule has 2 heterocycles. The number of aromatic nitrogens is 3. The van der Waals surface area contributed by atoms with Gasteiger partial charge in [0.2, 0.25) is 0 Å². The molecule has 0 aliphatic rings. The summed E-state index contributed by atoms with van der Waals surface area (Å²) < 4.78 is 1.45. The molecule has 0 radical (unpaired) electrons. The van der Waals surface area contributed by atoms with Crippen LogP contribution < -0.4 is 0 Å². The van der Waals surface area contributed by atoms with Gasteiger partial charge < -0.3 is 0 Å². The highest BCUT2D eigenvalue weighted by Crippen LogP contribution is 2.25. The Kier molecular flexibility index (Phi) is 2.10. The molecule has 0 amide bonds. The third-order valence-electron chi connectivity index (χ3n) is 1.74. The van der Waals surface area contributed by atoms with E-state index < -0.39 is 0 Å². The van der Waals surface area contributed by atoms with Crippen LogP contribution >= 0.6 is 34.8 Å². The van der Waals surface area contributed by atoms with Crippen molar-refractivity contribution in [2.45, 2.75) is 6.92 Å². The molecule has 2 aromatic rings. The molecule has 0 unspecified atom stereocenters. The molecular weight excluding hydrogens is 232 g/mol. The van der Waals surface area contributed by atoms with Gasteiger partial charge in [0.05, 0.1) is 11.2 Å². The third-order valence-corrected chi connectivity index (χ3v) is 2.82. The van der Waals surface area contributed by atoms with Gasteiger partial charge in [-0.15, -0.1) is 0 Å². The topological polar surface area (TPSA) is 30.2 Å². The van der Waals surface area contributed by atoms with E-state index in [4.69, 9.17) is 34.8 Å². The maximum Gasteiger partial charge on any atom is 0.170 e. The van der Waals surface area contributed by atoms with Gasteiger partial charge in [-0.1, -0.05) is 34.8 Å². The predicted octanol–water partition coefficient (Wildman–Crippen LogP) is 3.00. The summed E-state index contributed by atoms with van der Waals surface area (Å²) in [4.78, 5) is 4.02. The number of fused-ring (bicyclic) bond motifs is 1. The number of hydrogen-bond donors (Lipinski definition) is 0. The molecular formula is C7H4Cl3N3. The molecule has 0 aliphatic heterocycles. The van der Waals surface area contributed by atoms with Crippen LogP contribution in [0.15, 0.2) is 6.20 Å². The Balaban J connectivity index is 2.94. The maximum absolute atomic E-state index is 5.85. The lowest BCUT2D eigenvalue weighted by molar-refractivity contribution is 0.928. The van der Waals surface area contributed by atoms with Gasteiger partial charge in [-0.25, -0.2) is 9.50 Å². The van der Waals surface area contributed by atoms with Crippen molar-refractivity contribution in [1.29, 1.82) is 0 Å². The van der Waals surface area contributed by atoms with Crippen LogP contribution in [0.1, 0.15) is 5.56 Å². The third kappa shape index (κ3) is 1.27. The highest BCUT2D eigenvalue weighted by molar-refractivity contribution is 6.41. The largest absolute Gasteiger partial charge is 0.213 e. The quantitative estimate of drug-likeness (QED) is 0.704. The van der Waals surface area contributed by atoms with E-state index in [2.05, 4.69) is 10.1 Å². The minimum absolute atomic E-state index is 0.236. The van der Waals surface area contributed by atoms with Crippen LogP contribution in [0.2, 0.25) is 15.3 Å². The van der Waals surface area contributed by atoms with Crippen LogP contribution in [-0.2, 0) is 0 Å². The fourth-order valence-electron chi connectivity index (χ4n) is 1.03. The van der Waals surface area contributed by atoms with Crippen LogP contribution in [-0.4, -0.2) is 14.6 Å². The monoisotopic (exact) mass is 235 g/mol. The van der Waals surface area contributed by atoms with Crippen molar-refractivity contribution in [3.63, 3.8) is 0 Å². The number of halogens is 3. The van der Waals surface area contributed by atoms with E-state index in [0.717, 1.165) is 5.56 Å². The fraction of sp³-hybridized carbons (Fsp3) is 0.143. The molecule has 13 heavy (non-hydrogen) atoms. The summed E-state index contributed by atoms with van der Waals surface area (Å²) in [5.41, 5.74) is 1.40. The first-order valence-corrected chi connectivity index (χ1v) is 4.59. The molecule has 2 aromatic heterocycles. The first kappa shape index (κ1) is 9.06. The minimum atomic E-state index is 0.236. The minimum Gasteiger partial charge on any atom is -0.213 e. The summed E-state index contributed by atoms with van der Waals surface area (Å²) in [6.45, 7) is 1.83. The van der Waals surface area contributed by atoms with Crippen molar-refractivity contribution < 1.29 is 0 Å². The number of aryl methyl sites for hydroxylation is 1. The Hall–Kier alpha value is -0.510. The first-order valence-electron chi connectivity index (χ1n) is 3.46. The number of imidazole rings is 1. The first-order chi connectivity index (χ1) is 6.11. The zero-order valence-electron chi connectivity index (χ0n) is 6.55. The normalized spacial score (nSPS) is 11.1. The van der Waals surface area contributed by atoms with Gasteiger partial charge in [-0.05, 0) is 6.92 Å². The molecule has 0 fully saturated rings. The van der Waals surface area contributed by atoms with Crippen LogP contribution in [0, 0.1) is 6.92 Å². The molecule has 0 aromatic carbocycles. The molecule has 0 atom stereocenters. The SMILES string of the molecule is Cc1c(Cl)cnn2c(Cl)c(Cl)nc12. The molecule has 0 saturated heterocycles. The zero-order valence-corrected chi connectivity index (χ0v) is 8.82. The van der Waals surface area contributed by atoms with Crippen LogP contribution in [0.4, 0.5) is 0 Å². The van der Waals surface area contributed by atoms with E-state index in [1.165, 1.54) is 10.7 Å². The van der Waals surface area contributed by atoms with Gasteiger partial charge >= 0.3 is 0 Å². The van der Waals surface area contributed by atoms with Gasteiger partial charge in [-0.2, -0.15) is 5.10 Å². The standard InChI is InChI=1S/C7H4Cl3N3/c1-3-4(8)2-11-13-6(10)5(9)12-7(3)13/h2H,1H3. The molecule has 68 valence electrons. The van der Waals surface area contributed by atoms with Crippen LogP contribution in [0.3, 0.4) is 0 Å². The summed E-state index contributed by atoms with van der Waals surface area (Å²) in [7, 11) is 0. The summed E-state index contributed by atoms with van der Waals surface area (Å²) in [6.07, 6.45) is 1.51. The van der Waals surface area contributed by atoms with Gasteiger partial charge in [-0.3, -0.25) is 0 Å². The van der Waals surface area contributed by atoms with Gasteiger partial charge in [0.1, 0.15) is 0 Å². The Labute approximate surface area is 89.2 Å². The van der Waals surface area contributed by atoms with Gasteiger partial charge in [0.25, 0.3) is 0 Å². The maximum atomic E-state index is 5.85.